The normalized spacial score (nSPS) is 12.0. The van der Waals surface area contributed by atoms with Crippen molar-refractivity contribution in [3.63, 3.8) is 0 Å². The van der Waals surface area contributed by atoms with Crippen molar-refractivity contribution in [1.29, 1.82) is 0 Å². The minimum absolute atomic E-state index is 0.120. The third kappa shape index (κ3) is 2.20. The van der Waals surface area contributed by atoms with Gasteiger partial charge in [-0.15, -0.1) is 0 Å². The Morgan fingerprint density at radius 2 is 1.82 bits per heavy atom. The molecule has 0 saturated carbocycles. The second-order valence-corrected chi connectivity index (χ2v) is 7.05. The Labute approximate surface area is 128 Å². The molecule has 22 heavy (non-hydrogen) atoms. The fourth-order valence-electron chi connectivity index (χ4n) is 2.41. The summed E-state index contributed by atoms with van der Waals surface area (Å²) < 4.78 is 26.7. The summed E-state index contributed by atoms with van der Waals surface area (Å²) in [6.45, 7) is 3.63. The third-order valence-electron chi connectivity index (χ3n) is 3.80. The van der Waals surface area contributed by atoms with Crippen molar-refractivity contribution in [2.24, 2.45) is 0 Å². The lowest BCUT2D eigenvalue weighted by Gasteiger charge is -2.09. The monoisotopic (exact) mass is 316 g/mol. The molecule has 0 aliphatic heterocycles. The summed E-state index contributed by atoms with van der Waals surface area (Å²) in [5, 5.41) is 10.0. The summed E-state index contributed by atoms with van der Waals surface area (Å²) in [7, 11) is -3.68. The van der Waals surface area contributed by atoms with Gasteiger partial charge in [-0.1, -0.05) is 17.7 Å². The molecule has 2 heterocycles. The fourth-order valence-corrected chi connectivity index (χ4v) is 3.71. The summed E-state index contributed by atoms with van der Waals surface area (Å²) in [6.07, 6.45) is 3.01. The molecular weight excluding hydrogens is 300 g/mol. The molecule has 1 aromatic carbocycles. The van der Waals surface area contributed by atoms with E-state index in [0.717, 1.165) is 16.5 Å². The number of rotatable bonds is 3. The summed E-state index contributed by atoms with van der Waals surface area (Å²) in [4.78, 5) is 4.43. The van der Waals surface area contributed by atoms with Crippen LogP contribution in [0.15, 0.2) is 47.6 Å². The number of aliphatic hydroxyl groups is 1. The van der Waals surface area contributed by atoms with Crippen LogP contribution in [0.5, 0.6) is 0 Å². The van der Waals surface area contributed by atoms with Crippen LogP contribution in [0.4, 0.5) is 0 Å². The van der Waals surface area contributed by atoms with Crippen molar-refractivity contribution in [2.45, 2.75) is 25.3 Å². The van der Waals surface area contributed by atoms with Gasteiger partial charge in [-0.3, -0.25) is 0 Å². The zero-order valence-corrected chi connectivity index (χ0v) is 13.1. The second-order valence-electron chi connectivity index (χ2n) is 5.23. The lowest BCUT2D eigenvalue weighted by molar-refractivity contribution is 0.281. The number of benzene rings is 1. The van der Waals surface area contributed by atoms with Gasteiger partial charge in [0.2, 0.25) is 0 Å². The van der Waals surface area contributed by atoms with Crippen LogP contribution < -0.4 is 0 Å². The van der Waals surface area contributed by atoms with Crippen LogP contribution in [0.3, 0.4) is 0 Å². The molecule has 6 heteroatoms. The molecule has 0 saturated heterocycles. The van der Waals surface area contributed by atoms with Gasteiger partial charge in [-0.05, 0) is 43.2 Å². The number of nitrogens with zero attached hydrogens (tertiary/aromatic N) is 2. The molecule has 0 fully saturated rings. The smallest absolute Gasteiger partial charge is 0.269 e. The first kappa shape index (κ1) is 14.7. The van der Waals surface area contributed by atoms with E-state index in [2.05, 4.69) is 4.98 Å². The first-order valence-electron chi connectivity index (χ1n) is 6.84. The van der Waals surface area contributed by atoms with Gasteiger partial charge < -0.3 is 5.11 Å². The van der Waals surface area contributed by atoms with Gasteiger partial charge in [0.25, 0.3) is 10.0 Å². The minimum Gasteiger partial charge on any atom is -0.392 e. The molecule has 5 nitrogen and oxygen atoms in total. The largest absolute Gasteiger partial charge is 0.392 e. The number of hydrogen-bond donors (Lipinski definition) is 1. The Kier molecular flexibility index (Phi) is 3.50. The predicted octanol–water partition coefficient (Wildman–Crippen LogP) is 2.38. The van der Waals surface area contributed by atoms with Gasteiger partial charge in [-0.2, -0.15) is 0 Å². The maximum atomic E-state index is 12.8. The van der Waals surface area contributed by atoms with E-state index in [1.165, 1.54) is 16.4 Å². The molecule has 114 valence electrons. The Morgan fingerprint density at radius 1 is 1.14 bits per heavy atom. The average molecular weight is 316 g/mol. The van der Waals surface area contributed by atoms with Gasteiger partial charge in [0, 0.05) is 17.8 Å². The maximum absolute atomic E-state index is 12.8. The Bertz CT molecular complexity index is 941. The minimum atomic E-state index is -3.68. The molecule has 0 amide bonds. The highest BCUT2D eigenvalue weighted by Gasteiger charge is 2.20. The standard InChI is InChI=1S/C16H16N2O3S/c1-11-3-5-14(6-4-11)22(20,21)18-8-7-15-12(2)13(10-19)9-17-16(15)18/h3-9,19H,10H2,1-2H3. The van der Waals surface area contributed by atoms with Crippen LogP contribution in [-0.2, 0) is 16.6 Å². The molecule has 0 atom stereocenters. The molecule has 3 rings (SSSR count). The molecule has 0 aliphatic carbocycles. The highest BCUT2D eigenvalue weighted by molar-refractivity contribution is 7.90. The van der Waals surface area contributed by atoms with Crippen LogP contribution in [0.25, 0.3) is 11.0 Å². The molecule has 0 bridgehead atoms. The average Bonchev–Trinajstić information content (AvgIpc) is 2.94. The lowest BCUT2D eigenvalue weighted by atomic mass is 10.1. The fraction of sp³-hybridized carbons (Fsp3) is 0.188. The molecule has 1 N–H and O–H groups in total. The van der Waals surface area contributed by atoms with Gasteiger partial charge in [-0.25, -0.2) is 17.4 Å². The van der Waals surface area contributed by atoms with Gasteiger partial charge >= 0.3 is 0 Å². The Hall–Kier alpha value is -2.18. The first-order valence-corrected chi connectivity index (χ1v) is 8.28. The molecule has 0 unspecified atom stereocenters. The molecule has 0 radical (unpaired) electrons. The highest BCUT2D eigenvalue weighted by atomic mass is 32.2. The molecule has 2 aromatic heterocycles. The zero-order valence-electron chi connectivity index (χ0n) is 12.3. The molecule has 0 aliphatic rings. The number of aryl methyl sites for hydroxylation is 2. The Balaban J connectivity index is 2.22. The summed E-state index contributed by atoms with van der Waals surface area (Å²) >= 11 is 0. The van der Waals surface area contributed by atoms with Crippen molar-refractivity contribution in [3.05, 3.63) is 59.4 Å². The van der Waals surface area contributed by atoms with Crippen LogP contribution in [-0.4, -0.2) is 22.5 Å². The molecular formula is C16H16N2O3S. The van der Waals surface area contributed by atoms with Gasteiger partial charge in [0.15, 0.2) is 5.65 Å². The number of aliphatic hydroxyl groups excluding tert-OH is 1. The number of fused-ring (bicyclic) bond motifs is 1. The van der Waals surface area contributed by atoms with Crippen molar-refractivity contribution in [3.8, 4) is 0 Å². The van der Waals surface area contributed by atoms with E-state index in [1.54, 1.807) is 30.3 Å². The SMILES string of the molecule is Cc1ccc(S(=O)(=O)n2ccc3c(C)c(CO)cnc32)cc1. The lowest BCUT2D eigenvalue weighted by Crippen LogP contribution is -2.12. The van der Waals surface area contributed by atoms with Crippen molar-refractivity contribution in [1.82, 2.24) is 8.96 Å². The maximum Gasteiger partial charge on any atom is 0.269 e. The summed E-state index contributed by atoms with van der Waals surface area (Å²) in [5.41, 5.74) is 2.90. The van der Waals surface area contributed by atoms with Crippen LogP contribution in [0, 0.1) is 13.8 Å². The number of aromatic nitrogens is 2. The predicted molar refractivity (Wildman–Crippen MR) is 84.2 cm³/mol. The molecule has 3 aromatic rings. The van der Waals surface area contributed by atoms with E-state index in [1.807, 2.05) is 13.8 Å². The van der Waals surface area contributed by atoms with E-state index in [0.29, 0.717) is 11.2 Å². The van der Waals surface area contributed by atoms with E-state index in [9.17, 15) is 13.5 Å². The van der Waals surface area contributed by atoms with E-state index < -0.39 is 10.0 Å². The first-order chi connectivity index (χ1) is 10.4. The quantitative estimate of drug-likeness (QED) is 0.805. The van der Waals surface area contributed by atoms with Gasteiger partial charge in [0.05, 0.1) is 11.5 Å². The van der Waals surface area contributed by atoms with Crippen molar-refractivity contribution < 1.29 is 13.5 Å². The molecule has 0 spiro atoms. The summed E-state index contributed by atoms with van der Waals surface area (Å²) in [5.74, 6) is 0. The van der Waals surface area contributed by atoms with Crippen LogP contribution in [0.1, 0.15) is 16.7 Å². The number of pyridine rings is 1. The highest BCUT2D eigenvalue weighted by Crippen LogP contribution is 2.25. The zero-order chi connectivity index (χ0) is 15.9. The van der Waals surface area contributed by atoms with Crippen molar-refractivity contribution >= 4 is 21.1 Å². The van der Waals surface area contributed by atoms with Gasteiger partial charge in [0.1, 0.15) is 0 Å². The van der Waals surface area contributed by atoms with E-state index >= 15 is 0 Å². The topological polar surface area (TPSA) is 72.2 Å². The van der Waals surface area contributed by atoms with Crippen LogP contribution >= 0.6 is 0 Å². The third-order valence-corrected chi connectivity index (χ3v) is 5.48. The van der Waals surface area contributed by atoms with E-state index in [-0.39, 0.29) is 11.5 Å². The Morgan fingerprint density at radius 3 is 2.45 bits per heavy atom. The van der Waals surface area contributed by atoms with E-state index in [4.69, 9.17) is 0 Å². The number of hydrogen-bond acceptors (Lipinski definition) is 4. The summed E-state index contributed by atoms with van der Waals surface area (Å²) in [6, 6.07) is 8.42. The van der Waals surface area contributed by atoms with Crippen LogP contribution in [0.2, 0.25) is 0 Å². The second kappa shape index (κ2) is 5.23. The van der Waals surface area contributed by atoms with Crippen molar-refractivity contribution in [2.75, 3.05) is 0 Å².